The van der Waals surface area contributed by atoms with Crippen molar-refractivity contribution < 1.29 is 14.6 Å². The van der Waals surface area contributed by atoms with Crippen molar-refractivity contribution in [2.24, 2.45) is 4.99 Å². The van der Waals surface area contributed by atoms with E-state index in [9.17, 15) is 0 Å². The number of rotatable bonds is 9. The third-order valence-corrected chi connectivity index (χ3v) is 4.90. The van der Waals surface area contributed by atoms with E-state index in [1.165, 1.54) is 0 Å². The summed E-state index contributed by atoms with van der Waals surface area (Å²) in [6, 6.07) is 5.97. The number of hydrogen-bond acceptors (Lipinski definition) is 6. The lowest BCUT2D eigenvalue weighted by Crippen LogP contribution is -2.47. The molecule has 9 nitrogen and oxygen atoms in total. The predicted octanol–water partition coefficient (Wildman–Crippen LogP) is 1.29. The first kappa shape index (κ1) is 21.9. The number of aliphatic hydroxyl groups is 1. The van der Waals surface area contributed by atoms with Gasteiger partial charge in [-0.25, -0.2) is 14.7 Å². The van der Waals surface area contributed by atoms with Crippen LogP contribution in [0.4, 0.5) is 0 Å². The minimum atomic E-state index is -0.0378. The van der Waals surface area contributed by atoms with E-state index in [-0.39, 0.29) is 19.3 Å². The van der Waals surface area contributed by atoms with Crippen LogP contribution >= 0.6 is 0 Å². The highest BCUT2D eigenvalue weighted by Gasteiger charge is 2.22. The molecule has 1 atom stereocenters. The molecule has 1 aliphatic heterocycles. The minimum absolute atomic E-state index is 0.0378. The lowest BCUT2D eigenvalue weighted by Gasteiger charge is -2.25. The van der Waals surface area contributed by atoms with Crippen LogP contribution in [-0.2, 0) is 25.9 Å². The van der Waals surface area contributed by atoms with Crippen LogP contribution in [-0.4, -0.2) is 58.7 Å². The summed E-state index contributed by atoms with van der Waals surface area (Å²) in [5.74, 6) is 4.00. The Morgan fingerprint density at radius 2 is 2.20 bits per heavy atom. The minimum Gasteiger partial charge on any atom is -0.493 e. The van der Waals surface area contributed by atoms with Crippen molar-refractivity contribution in [3.8, 4) is 11.5 Å². The lowest BCUT2D eigenvalue weighted by molar-refractivity contribution is 0.196. The maximum Gasteiger partial charge on any atom is 0.191 e. The van der Waals surface area contributed by atoms with E-state index in [1.807, 2.05) is 22.9 Å². The van der Waals surface area contributed by atoms with Crippen LogP contribution in [0, 0.1) is 0 Å². The number of aryl methyl sites for hydroxylation is 2. The van der Waals surface area contributed by atoms with Crippen molar-refractivity contribution in [3.63, 3.8) is 0 Å². The normalized spacial score (nSPS) is 16.1. The molecule has 0 bridgehead atoms. The molecule has 0 saturated carbocycles. The van der Waals surface area contributed by atoms with Gasteiger partial charge in [0, 0.05) is 25.4 Å². The molecule has 3 N–H and O–H groups in total. The van der Waals surface area contributed by atoms with Gasteiger partial charge in [-0.15, -0.1) is 0 Å². The second-order valence-electron chi connectivity index (χ2n) is 7.11. The standard InChI is InChI=1S/C21H32N6O3/c1-4-19-25-20-9-7-16(14-27(20)26-19)24-21(22-5-2)23-13-15-6-8-17(30-11-10-28)18(12-15)29-3/h6,8,12,16,28H,4-5,7,9-11,13-14H2,1-3H3,(H2,22,23,24). The summed E-state index contributed by atoms with van der Waals surface area (Å²) in [5.41, 5.74) is 1.01. The molecule has 2 aromatic rings. The second-order valence-corrected chi connectivity index (χ2v) is 7.11. The Balaban J connectivity index is 1.64. The Kier molecular flexibility index (Phi) is 7.89. The predicted molar refractivity (Wildman–Crippen MR) is 115 cm³/mol. The van der Waals surface area contributed by atoms with Crippen molar-refractivity contribution in [2.45, 2.75) is 52.2 Å². The summed E-state index contributed by atoms with van der Waals surface area (Å²) in [5, 5.41) is 20.4. The summed E-state index contributed by atoms with van der Waals surface area (Å²) < 4.78 is 12.9. The smallest absolute Gasteiger partial charge is 0.191 e. The Bertz CT molecular complexity index is 851. The quantitative estimate of drug-likeness (QED) is 0.418. The molecule has 1 aromatic heterocycles. The van der Waals surface area contributed by atoms with Gasteiger partial charge in [0.1, 0.15) is 12.4 Å². The molecule has 164 valence electrons. The molecule has 3 rings (SSSR count). The number of nitrogens with one attached hydrogen (secondary N) is 2. The second kappa shape index (κ2) is 10.8. The average molecular weight is 417 g/mol. The van der Waals surface area contributed by atoms with Crippen LogP contribution in [0.2, 0.25) is 0 Å². The zero-order valence-electron chi connectivity index (χ0n) is 18.0. The summed E-state index contributed by atoms with van der Waals surface area (Å²) in [6.45, 7) is 6.40. The van der Waals surface area contributed by atoms with Gasteiger partial charge in [-0.3, -0.25) is 0 Å². The van der Waals surface area contributed by atoms with Crippen molar-refractivity contribution in [2.75, 3.05) is 26.9 Å². The van der Waals surface area contributed by atoms with E-state index in [4.69, 9.17) is 19.6 Å². The molecule has 0 fully saturated rings. The first-order chi connectivity index (χ1) is 14.7. The number of aromatic nitrogens is 3. The monoisotopic (exact) mass is 416 g/mol. The first-order valence-electron chi connectivity index (χ1n) is 10.5. The van der Waals surface area contributed by atoms with E-state index in [0.29, 0.717) is 18.0 Å². The van der Waals surface area contributed by atoms with Gasteiger partial charge in [0.25, 0.3) is 0 Å². The fourth-order valence-electron chi connectivity index (χ4n) is 3.40. The topological polar surface area (TPSA) is 106 Å². The van der Waals surface area contributed by atoms with Crippen molar-refractivity contribution in [1.29, 1.82) is 0 Å². The number of benzene rings is 1. The van der Waals surface area contributed by atoms with Crippen LogP contribution in [0.3, 0.4) is 0 Å². The van der Waals surface area contributed by atoms with Gasteiger partial charge in [0.05, 0.1) is 26.8 Å². The highest BCUT2D eigenvalue weighted by molar-refractivity contribution is 5.80. The maximum atomic E-state index is 8.94. The highest BCUT2D eigenvalue weighted by atomic mass is 16.5. The Morgan fingerprint density at radius 3 is 2.93 bits per heavy atom. The molecule has 1 unspecified atom stereocenters. The number of guanidine groups is 1. The van der Waals surface area contributed by atoms with Crippen LogP contribution in [0.5, 0.6) is 11.5 Å². The molecule has 1 aromatic carbocycles. The van der Waals surface area contributed by atoms with Crippen LogP contribution in [0.15, 0.2) is 23.2 Å². The highest BCUT2D eigenvalue weighted by Crippen LogP contribution is 2.28. The van der Waals surface area contributed by atoms with Gasteiger partial charge < -0.3 is 25.2 Å². The number of methoxy groups -OCH3 is 1. The number of aliphatic imine (C=N–C) groups is 1. The molecule has 0 spiro atoms. The van der Waals surface area contributed by atoms with Crippen molar-refractivity contribution in [3.05, 3.63) is 35.4 Å². The molecule has 9 heteroatoms. The summed E-state index contributed by atoms with van der Waals surface area (Å²) in [4.78, 5) is 9.31. The Hall–Kier alpha value is -2.81. The molecule has 2 heterocycles. The summed E-state index contributed by atoms with van der Waals surface area (Å²) in [6.07, 6.45) is 2.77. The maximum absolute atomic E-state index is 8.94. The van der Waals surface area contributed by atoms with E-state index in [1.54, 1.807) is 7.11 Å². The van der Waals surface area contributed by atoms with Crippen molar-refractivity contribution >= 4 is 5.96 Å². The molecule has 1 aliphatic rings. The molecule has 30 heavy (non-hydrogen) atoms. The SMILES string of the molecule is CCNC(=NCc1ccc(OCCO)c(OC)c1)NC1CCc2nc(CC)nn2C1. The zero-order chi connectivity index (χ0) is 21.3. The van der Waals surface area contributed by atoms with Gasteiger partial charge in [-0.2, -0.15) is 5.10 Å². The Labute approximate surface area is 177 Å². The van der Waals surface area contributed by atoms with E-state index in [2.05, 4.69) is 34.6 Å². The molecule has 0 saturated heterocycles. The van der Waals surface area contributed by atoms with Gasteiger partial charge in [-0.05, 0) is 31.0 Å². The molecule has 0 amide bonds. The van der Waals surface area contributed by atoms with E-state index in [0.717, 1.165) is 55.5 Å². The summed E-state index contributed by atoms with van der Waals surface area (Å²) >= 11 is 0. The molecule has 0 aliphatic carbocycles. The average Bonchev–Trinajstić information content (AvgIpc) is 3.19. The molecular weight excluding hydrogens is 384 g/mol. The van der Waals surface area contributed by atoms with Gasteiger partial charge >= 0.3 is 0 Å². The summed E-state index contributed by atoms with van der Waals surface area (Å²) in [7, 11) is 1.60. The van der Waals surface area contributed by atoms with E-state index < -0.39 is 0 Å². The number of aliphatic hydroxyl groups excluding tert-OH is 1. The van der Waals surface area contributed by atoms with Crippen molar-refractivity contribution in [1.82, 2.24) is 25.4 Å². The van der Waals surface area contributed by atoms with Gasteiger partial charge in [-0.1, -0.05) is 13.0 Å². The zero-order valence-corrected chi connectivity index (χ0v) is 18.0. The third kappa shape index (κ3) is 5.63. The number of ether oxygens (including phenoxy) is 2. The first-order valence-corrected chi connectivity index (χ1v) is 10.5. The number of nitrogens with zero attached hydrogens (tertiary/aromatic N) is 4. The fraction of sp³-hybridized carbons (Fsp3) is 0.571. The van der Waals surface area contributed by atoms with E-state index >= 15 is 0 Å². The van der Waals surface area contributed by atoms with Crippen LogP contribution in [0.25, 0.3) is 0 Å². The molecular formula is C21H32N6O3. The van der Waals surface area contributed by atoms with Crippen LogP contribution in [0.1, 0.15) is 37.5 Å². The van der Waals surface area contributed by atoms with Gasteiger partial charge in [0.2, 0.25) is 0 Å². The fourth-order valence-corrected chi connectivity index (χ4v) is 3.40. The Morgan fingerprint density at radius 1 is 1.33 bits per heavy atom. The number of hydrogen-bond donors (Lipinski definition) is 3. The third-order valence-electron chi connectivity index (χ3n) is 4.90. The van der Waals surface area contributed by atoms with Gasteiger partial charge in [0.15, 0.2) is 23.3 Å². The largest absolute Gasteiger partial charge is 0.493 e. The van der Waals surface area contributed by atoms with Crippen LogP contribution < -0.4 is 20.1 Å². The molecule has 0 radical (unpaired) electrons. The number of fused-ring (bicyclic) bond motifs is 1. The lowest BCUT2D eigenvalue weighted by atomic mass is 10.1.